The van der Waals surface area contributed by atoms with E-state index < -0.39 is 0 Å². The van der Waals surface area contributed by atoms with Crippen molar-refractivity contribution in [3.05, 3.63) is 19.2 Å². The molecule has 1 heterocycles. The zero-order valence-electron chi connectivity index (χ0n) is 7.10. The summed E-state index contributed by atoms with van der Waals surface area (Å²) in [6.45, 7) is 1.83. The fraction of sp³-hybridized carbons (Fsp3) is 0.333. The van der Waals surface area contributed by atoms with E-state index >= 15 is 0 Å². The van der Waals surface area contributed by atoms with Crippen LogP contribution in [0.3, 0.4) is 0 Å². The molecule has 0 saturated heterocycles. The van der Waals surface area contributed by atoms with Crippen molar-refractivity contribution in [2.24, 2.45) is 5.73 Å². The molecule has 2 N–H and O–H groups in total. The lowest BCUT2D eigenvalue weighted by Gasteiger charge is -2.02. The van der Waals surface area contributed by atoms with Gasteiger partial charge in [-0.15, -0.1) is 23.2 Å². The lowest BCUT2D eigenvalue weighted by Crippen LogP contribution is -2.06. The Morgan fingerprint density at radius 2 is 2.31 bits per heavy atom. The molecule has 0 radical (unpaired) electrons. The van der Waals surface area contributed by atoms with Crippen LogP contribution in [-0.2, 0) is 0 Å². The molecule has 70 valence electrons. The first-order valence-corrected chi connectivity index (χ1v) is 6.15. The van der Waals surface area contributed by atoms with E-state index in [9.17, 15) is 0 Å². The monoisotopic (exact) mass is 321 g/mol. The SMILES string of the molecule is CC#CCC(N)c1cc(Br)c(Br)s1. The molecule has 0 spiro atoms. The second kappa shape index (κ2) is 5.16. The van der Waals surface area contributed by atoms with Gasteiger partial charge in [0.1, 0.15) is 0 Å². The van der Waals surface area contributed by atoms with Gasteiger partial charge in [0, 0.05) is 15.8 Å². The third-order valence-corrected chi connectivity index (χ3v) is 4.92. The number of hydrogen-bond donors (Lipinski definition) is 1. The Balaban J connectivity index is 2.75. The quantitative estimate of drug-likeness (QED) is 0.826. The van der Waals surface area contributed by atoms with Crippen molar-refractivity contribution in [1.29, 1.82) is 0 Å². The predicted octanol–water partition coefficient (Wildman–Crippen LogP) is 3.69. The fourth-order valence-electron chi connectivity index (χ4n) is 0.859. The average Bonchev–Trinajstić information content (AvgIpc) is 2.43. The molecule has 1 unspecified atom stereocenters. The average molecular weight is 323 g/mol. The van der Waals surface area contributed by atoms with Crippen molar-refractivity contribution in [2.75, 3.05) is 0 Å². The van der Waals surface area contributed by atoms with Crippen LogP contribution in [0.1, 0.15) is 24.3 Å². The standard InChI is InChI=1S/C9H9Br2NS/c1-2-3-4-7(12)8-5-6(10)9(11)13-8/h5,7H,4,12H2,1H3. The zero-order chi connectivity index (χ0) is 9.84. The number of thiophene rings is 1. The van der Waals surface area contributed by atoms with Gasteiger partial charge in [-0.25, -0.2) is 0 Å². The molecule has 0 aliphatic carbocycles. The molecule has 4 heteroatoms. The highest BCUT2D eigenvalue weighted by Crippen LogP contribution is 2.35. The molecule has 0 amide bonds. The molecule has 1 aromatic rings. The summed E-state index contributed by atoms with van der Waals surface area (Å²) in [6.07, 6.45) is 0.718. The van der Waals surface area contributed by atoms with Crippen LogP contribution in [0.2, 0.25) is 0 Å². The summed E-state index contributed by atoms with van der Waals surface area (Å²) < 4.78 is 2.15. The first kappa shape index (κ1) is 11.3. The van der Waals surface area contributed by atoms with Crippen LogP contribution in [0.15, 0.2) is 14.3 Å². The van der Waals surface area contributed by atoms with E-state index in [1.165, 1.54) is 0 Å². The second-order valence-electron chi connectivity index (χ2n) is 2.51. The van der Waals surface area contributed by atoms with Gasteiger partial charge in [0.25, 0.3) is 0 Å². The molecular formula is C9H9Br2NS. The Morgan fingerprint density at radius 1 is 1.62 bits per heavy atom. The zero-order valence-corrected chi connectivity index (χ0v) is 11.1. The molecule has 0 fully saturated rings. The number of nitrogens with two attached hydrogens (primary N) is 1. The summed E-state index contributed by atoms with van der Waals surface area (Å²) in [5.41, 5.74) is 5.93. The number of rotatable bonds is 2. The summed E-state index contributed by atoms with van der Waals surface area (Å²) in [4.78, 5) is 1.15. The van der Waals surface area contributed by atoms with Crippen molar-refractivity contribution in [3.63, 3.8) is 0 Å². The highest BCUT2D eigenvalue weighted by molar-refractivity contribution is 9.13. The molecule has 0 aliphatic rings. The van der Waals surface area contributed by atoms with E-state index in [4.69, 9.17) is 5.73 Å². The summed E-state index contributed by atoms with van der Waals surface area (Å²) >= 11 is 8.51. The Labute approximate surface area is 99.0 Å². The number of hydrogen-bond acceptors (Lipinski definition) is 2. The minimum Gasteiger partial charge on any atom is -0.322 e. The van der Waals surface area contributed by atoms with Gasteiger partial charge in [-0.3, -0.25) is 0 Å². The lowest BCUT2D eigenvalue weighted by atomic mass is 10.2. The van der Waals surface area contributed by atoms with Gasteiger partial charge in [-0.1, -0.05) is 0 Å². The molecule has 0 saturated carbocycles. The van der Waals surface area contributed by atoms with Crippen molar-refractivity contribution in [3.8, 4) is 11.8 Å². The number of halogens is 2. The van der Waals surface area contributed by atoms with Crippen LogP contribution in [0, 0.1) is 11.8 Å². The minimum absolute atomic E-state index is 0.0278. The van der Waals surface area contributed by atoms with Crippen molar-refractivity contribution in [1.82, 2.24) is 0 Å². The maximum atomic E-state index is 5.93. The molecule has 1 rings (SSSR count). The molecule has 0 aliphatic heterocycles. The van der Waals surface area contributed by atoms with E-state index in [0.29, 0.717) is 0 Å². The topological polar surface area (TPSA) is 26.0 Å². The van der Waals surface area contributed by atoms with Crippen LogP contribution < -0.4 is 5.73 Å². The van der Waals surface area contributed by atoms with Crippen LogP contribution in [-0.4, -0.2) is 0 Å². The highest BCUT2D eigenvalue weighted by Gasteiger charge is 2.10. The van der Waals surface area contributed by atoms with E-state index in [1.54, 1.807) is 11.3 Å². The molecule has 0 aromatic carbocycles. The molecule has 1 aromatic heterocycles. The van der Waals surface area contributed by atoms with Crippen molar-refractivity contribution >= 4 is 43.2 Å². The predicted molar refractivity (Wildman–Crippen MR) is 64.7 cm³/mol. The molecular weight excluding hydrogens is 314 g/mol. The Kier molecular flexibility index (Phi) is 4.47. The van der Waals surface area contributed by atoms with Crippen molar-refractivity contribution in [2.45, 2.75) is 19.4 Å². The van der Waals surface area contributed by atoms with Crippen LogP contribution in [0.4, 0.5) is 0 Å². The largest absolute Gasteiger partial charge is 0.322 e. The summed E-state index contributed by atoms with van der Waals surface area (Å²) in [5, 5.41) is 0. The van der Waals surface area contributed by atoms with E-state index in [0.717, 1.165) is 19.6 Å². The fourth-order valence-corrected chi connectivity index (χ4v) is 2.95. The Morgan fingerprint density at radius 3 is 2.77 bits per heavy atom. The highest BCUT2D eigenvalue weighted by atomic mass is 79.9. The minimum atomic E-state index is 0.0278. The normalized spacial score (nSPS) is 12.0. The van der Waals surface area contributed by atoms with E-state index in [-0.39, 0.29) is 6.04 Å². The van der Waals surface area contributed by atoms with Gasteiger partial charge in [-0.2, -0.15) is 0 Å². The van der Waals surface area contributed by atoms with E-state index in [1.807, 2.05) is 13.0 Å². The molecule has 0 bridgehead atoms. The maximum absolute atomic E-state index is 5.93. The Bertz CT molecular complexity index is 329. The lowest BCUT2D eigenvalue weighted by molar-refractivity contribution is 0.770. The summed E-state index contributed by atoms with van der Waals surface area (Å²) in [7, 11) is 0. The molecule has 13 heavy (non-hydrogen) atoms. The van der Waals surface area contributed by atoms with Crippen LogP contribution >= 0.6 is 43.2 Å². The summed E-state index contributed by atoms with van der Waals surface area (Å²) in [6, 6.07) is 2.07. The van der Waals surface area contributed by atoms with Gasteiger partial charge < -0.3 is 5.73 Å². The first-order chi connectivity index (χ1) is 6.15. The second-order valence-corrected chi connectivity index (χ2v) is 5.76. The maximum Gasteiger partial charge on any atom is 0.0843 e. The van der Waals surface area contributed by atoms with E-state index in [2.05, 4.69) is 43.7 Å². The van der Waals surface area contributed by atoms with Gasteiger partial charge in [0.2, 0.25) is 0 Å². The molecule has 1 atom stereocenters. The van der Waals surface area contributed by atoms with Gasteiger partial charge >= 0.3 is 0 Å². The van der Waals surface area contributed by atoms with Gasteiger partial charge in [0.15, 0.2) is 0 Å². The van der Waals surface area contributed by atoms with Gasteiger partial charge in [-0.05, 0) is 44.8 Å². The van der Waals surface area contributed by atoms with Crippen molar-refractivity contribution < 1.29 is 0 Å². The third-order valence-electron chi connectivity index (χ3n) is 1.53. The first-order valence-electron chi connectivity index (χ1n) is 3.75. The Hall–Kier alpha value is 0.180. The van der Waals surface area contributed by atoms with Gasteiger partial charge in [0.05, 0.1) is 9.83 Å². The van der Waals surface area contributed by atoms with Crippen LogP contribution in [0.25, 0.3) is 0 Å². The summed E-state index contributed by atoms with van der Waals surface area (Å²) in [5.74, 6) is 5.82. The third kappa shape index (κ3) is 3.10. The van der Waals surface area contributed by atoms with Crippen LogP contribution in [0.5, 0.6) is 0 Å². The smallest absolute Gasteiger partial charge is 0.0843 e. The molecule has 1 nitrogen and oxygen atoms in total.